The van der Waals surface area contributed by atoms with Crippen LogP contribution in [0.1, 0.15) is 36.3 Å². The first kappa shape index (κ1) is 20.3. The maximum atomic E-state index is 14.0. The van der Waals surface area contributed by atoms with Crippen LogP contribution in [0.15, 0.2) is 30.5 Å². The Morgan fingerprint density at radius 2 is 2.10 bits per heavy atom. The summed E-state index contributed by atoms with van der Waals surface area (Å²) in [5, 5.41) is 10.9. The van der Waals surface area contributed by atoms with Crippen molar-refractivity contribution in [2.75, 3.05) is 24.5 Å². The van der Waals surface area contributed by atoms with Crippen molar-refractivity contribution in [1.82, 2.24) is 25.2 Å². The van der Waals surface area contributed by atoms with Crippen molar-refractivity contribution < 1.29 is 14.0 Å². The average molecular weight is 414 g/mol. The number of para-hydroxylation sites is 1. The Morgan fingerprint density at radius 1 is 1.30 bits per heavy atom. The van der Waals surface area contributed by atoms with Crippen LogP contribution in [0, 0.1) is 5.92 Å². The zero-order chi connectivity index (χ0) is 21.3. The molecule has 9 heteroatoms. The van der Waals surface area contributed by atoms with Crippen LogP contribution in [-0.2, 0) is 13.0 Å². The minimum atomic E-state index is -1.06. The molecular weight excluding hydrogens is 387 g/mol. The van der Waals surface area contributed by atoms with E-state index in [9.17, 15) is 14.0 Å². The molecule has 1 aromatic carbocycles. The van der Waals surface area contributed by atoms with Crippen molar-refractivity contribution >= 4 is 17.6 Å². The molecule has 3 heterocycles. The molecule has 0 aliphatic carbocycles. The maximum Gasteiger partial charge on any atom is 0.317 e. The fourth-order valence-corrected chi connectivity index (χ4v) is 4.06. The molecule has 8 nitrogen and oxygen atoms in total. The molecule has 2 aliphatic heterocycles. The van der Waals surface area contributed by atoms with Crippen LogP contribution in [0.5, 0.6) is 0 Å². The highest BCUT2D eigenvalue weighted by Crippen LogP contribution is 2.28. The molecule has 2 atom stereocenters. The third-order valence-corrected chi connectivity index (χ3v) is 5.57. The van der Waals surface area contributed by atoms with Gasteiger partial charge in [-0.2, -0.15) is 0 Å². The van der Waals surface area contributed by atoms with Gasteiger partial charge in [0.1, 0.15) is 6.17 Å². The fraction of sp³-hybridized carbons (Fsp3) is 0.524. The van der Waals surface area contributed by atoms with E-state index in [-0.39, 0.29) is 36.6 Å². The molecule has 4 rings (SSSR count). The number of nitrogens with one attached hydrogen (secondary N) is 1. The molecule has 0 saturated carbocycles. The van der Waals surface area contributed by atoms with E-state index in [1.807, 2.05) is 38.1 Å². The molecule has 1 saturated heterocycles. The summed E-state index contributed by atoms with van der Waals surface area (Å²) in [5.74, 6) is 0.114. The average Bonchev–Trinajstić information content (AvgIpc) is 3.44. The van der Waals surface area contributed by atoms with E-state index in [1.165, 1.54) is 9.58 Å². The highest BCUT2D eigenvalue weighted by atomic mass is 19.1. The van der Waals surface area contributed by atoms with Gasteiger partial charge in [-0.25, -0.2) is 13.9 Å². The summed E-state index contributed by atoms with van der Waals surface area (Å²) in [6.07, 6.45) is 1.58. The number of nitrogens with zero attached hydrogens (tertiary/aromatic N) is 5. The number of aromatic nitrogens is 3. The molecule has 0 radical (unpaired) electrons. The normalized spacial score (nSPS) is 20.7. The Hall–Kier alpha value is -2.97. The molecule has 2 aliphatic rings. The number of rotatable bonds is 5. The molecule has 1 aromatic heterocycles. The number of likely N-dealkylation sites (tertiary alicyclic amines) is 1. The molecule has 0 unspecified atom stereocenters. The topological polar surface area (TPSA) is 83.4 Å². The van der Waals surface area contributed by atoms with Crippen molar-refractivity contribution in [3.63, 3.8) is 0 Å². The first-order valence-electron chi connectivity index (χ1n) is 10.4. The number of hydrogen-bond donors (Lipinski definition) is 1. The van der Waals surface area contributed by atoms with Gasteiger partial charge in [0.25, 0.3) is 5.91 Å². The van der Waals surface area contributed by atoms with Crippen molar-refractivity contribution in [2.45, 2.75) is 45.4 Å². The minimum Gasteiger partial charge on any atom is -0.338 e. The molecule has 3 amide bonds. The van der Waals surface area contributed by atoms with Crippen LogP contribution in [0.4, 0.5) is 14.9 Å². The van der Waals surface area contributed by atoms with Crippen molar-refractivity contribution in [2.24, 2.45) is 5.92 Å². The van der Waals surface area contributed by atoms with Gasteiger partial charge in [-0.05, 0) is 24.0 Å². The van der Waals surface area contributed by atoms with Crippen LogP contribution in [-0.4, -0.2) is 63.7 Å². The Morgan fingerprint density at radius 3 is 2.90 bits per heavy atom. The van der Waals surface area contributed by atoms with E-state index in [2.05, 4.69) is 15.6 Å². The van der Waals surface area contributed by atoms with Gasteiger partial charge in [0.2, 0.25) is 0 Å². The maximum absolute atomic E-state index is 14.0. The standard InChI is InChI=1S/C21H27FN6O2/c1-14(2)10-23-21(30)28-11-16(22)9-17(28)12-26-13-18(24-25-26)20(29)27-8-7-15-5-3-4-6-19(15)27/h3-6,13-14,16-17H,7-12H2,1-2H3,(H,23,30)/t16-,17-/m0/s1. The van der Waals surface area contributed by atoms with E-state index >= 15 is 0 Å². The first-order valence-corrected chi connectivity index (χ1v) is 10.4. The smallest absolute Gasteiger partial charge is 0.317 e. The number of alkyl halides is 1. The summed E-state index contributed by atoms with van der Waals surface area (Å²) in [6.45, 7) is 5.53. The van der Waals surface area contributed by atoms with Gasteiger partial charge < -0.3 is 15.1 Å². The van der Waals surface area contributed by atoms with Gasteiger partial charge in [0.15, 0.2) is 5.69 Å². The van der Waals surface area contributed by atoms with Gasteiger partial charge in [0.05, 0.1) is 25.3 Å². The van der Waals surface area contributed by atoms with E-state index < -0.39 is 6.17 Å². The molecule has 0 bridgehead atoms. The lowest BCUT2D eigenvalue weighted by molar-refractivity contribution is 0.0984. The van der Waals surface area contributed by atoms with Crippen molar-refractivity contribution in [1.29, 1.82) is 0 Å². The Labute approximate surface area is 175 Å². The van der Waals surface area contributed by atoms with Crippen molar-refractivity contribution in [3.05, 3.63) is 41.7 Å². The highest BCUT2D eigenvalue weighted by Gasteiger charge is 2.36. The van der Waals surface area contributed by atoms with E-state index in [0.717, 1.165) is 17.7 Å². The van der Waals surface area contributed by atoms with Gasteiger partial charge in [-0.3, -0.25) is 4.79 Å². The van der Waals surface area contributed by atoms with Gasteiger partial charge in [-0.1, -0.05) is 37.3 Å². The number of hydrogen-bond acceptors (Lipinski definition) is 4. The molecular formula is C21H27FN6O2. The number of fused-ring (bicyclic) bond motifs is 1. The van der Waals surface area contributed by atoms with E-state index in [0.29, 0.717) is 25.6 Å². The number of benzene rings is 1. The summed E-state index contributed by atoms with van der Waals surface area (Å²) in [7, 11) is 0. The molecule has 1 fully saturated rings. The predicted molar refractivity (Wildman–Crippen MR) is 110 cm³/mol. The predicted octanol–water partition coefficient (Wildman–Crippen LogP) is 2.26. The Balaban J connectivity index is 1.42. The number of halogens is 1. The number of anilines is 1. The Bertz CT molecular complexity index is 930. The SMILES string of the molecule is CC(C)CNC(=O)N1C[C@@H](F)C[C@H]1Cn1cc(C(=O)N2CCc3ccccc32)nn1. The van der Waals surface area contributed by atoms with Crippen LogP contribution in [0.3, 0.4) is 0 Å². The Kier molecular flexibility index (Phi) is 5.69. The summed E-state index contributed by atoms with van der Waals surface area (Å²) in [5.41, 5.74) is 2.29. The molecule has 0 spiro atoms. The third-order valence-electron chi connectivity index (χ3n) is 5.57. The number of amides is 3. The molecule has 1 N–H and O–H groups in total. The lowest BCUT2D eigenvalue weighted by Crippen LogP contribution is -2.45. The summed E-state index contributed by atoms with van der Waals surface area (Å²) >= 11 is 0. The summed E-state index contributed by atoms with van der Waals surface area (Å²) in [4.78, 5) is 28.6. The van der Waals surface area contributed by atoms with Crippen molar-refractivity contribution in [3.8, 4) is 0 Å². The van der Waals surface area contributed by atoms with Gasteiger partial charge in [-0.15, -0.1) is 5.10 Å². The first-order chi connectivity index (χ1) is 14.4. The second kappa shape index (κ2) is 8.41. The monoisotopic (exact) mass is 414 g/mol. The summed E-state index contributed by atoms with van der Waals surface area (Å²) < 4.78 is 15.6. The molecule has 160 valence electrons. The van der Waals surface area contributed by atoms with E-state index in [1.54, 1.807) is 11.1 Å². The lowest BCUT2D eigenvalue weighted by atomic mass is 10.2. The molecule has 2 aromatic rings. The zero-order valence-electron chi connectivity index (χ0n) is 17.3. The van der Waals surface area contributed by atoms with Crippen LogP contribution < -0.4 is 10.2 Å². The van der Waals surface area contributed by atoms with Crippen LogP contribution >= 0.6 is 0 Å². The minimum absolute atomic E-state index is 0.0691. The largest absolute Gasteiger partial charge is 0.338 e. The second-order valence-corrected chi connectivity index (χ2v) is 8.38. The lowest BCUT2D eigenvalue weighted by Gasteiger charge is -2.24. The number of carbonyl (C=O) groups excluding carboxylic acids is 2. The highest BCUT2D eigenvalue weighted by molar-refractivity contribution is 6.05. The fourth-order valence-electron chi connectivity index (χ4n) is 4.06. The van der Waals surface area contributed by atoms with E-state index in [4.69, 9.17) is 0 Å². The zero-order valence-corrected chi connectivity index (χ0v) is 17.3. The second-order valence-electron chi connectivity index (χ2n) is 8.38. The number of carbonyl (C=O) groups is 2. The van der Waals surface area contributed by atoms with Crippen LogP contribution in [0.25, 0.3) is 0 Å². The molecule has 30 heavy (non-hydrogen) atoms. The van der Waals surface area contributed by atoms with Gasteiger partial charge >= 0.3 is 6.03 Å². The number of urea groups is 1. The van der Waals surface area contributed by atoms with Crippen LogP contribution in [0.2, 0.25) is 0 Å². The third kappa shape index (κ3) is 4.15. The summed E-state index contributed by atoms with van der Waals surface area (Å²) in [6, 6.07) is 7.23. The van der Waals surface area contributed by atoms with Gasteiger partial charge in [0, 0.05) is 25.2 Å². The quantitative estimate of drug-likeness (QED) is 0.814.